The van der Waals surface area contributed by atoms with Crippen LogP contribution in [0.2, 0.25) is 0 Å². The Morgan fingerprint density at radius 2 is 2.14 bits per heavy atom. The lowest BCUT2D eigenvalue weighted by Gasteiger charge is -2.09. The van der Waals surface area contributed by atoms with Crippen LogP contribution in [0.4, 0.5) is 11.6 Å². The van der Waals surface area contributed by atoms with Crippen molar-refractivity contribution in [1.82, 2.24) is 9.97 Å². The molecular formula is C12H10Br2N4O3. The molecule has 110 valence electrons. The molecule has 0 aliphatic heterocycles. The van der Waals surface area contributed by atoms with E-state index in [9.17, 15) is 10.1 Å². The van der Waals surface area contributed by atoms with E-state index in [1.807, 2.05) is 6.92 Å². The summed E-state index contributed by atoms with van der Waals surface area (Å²) in [7, 11) is 0. The number of ether oxygens (including phenoxy) is 1. The van der Waals surface area contributed by atoms with Gasteiger partial charge in [-0.1, -0.05) is 0 Å². The van der Waals surface area contributed by atoms with Crippen molar-refractivity contribution in [3.63, 3.8) is 0 Å². The van der Waals surface area contributed by atoms with E-state index in [4.69, 9.17) is 4.74 Å². The third-order valence-electron chi connectivity index (χ3n) is 2.38. The largest absolute Gasteiger partial charge is 0.436 e. The summed E-state index contributed by atoms with van der Waals surface area (Å²) in [5.41, 5.74) is -0.0646. The maximum absolute atomic E-state index is 10.8. The average molecular weight is 418 g/mol. The van der Waals surface area contributed by atoms with Gasteiger partial charge in [0.2, 0.25) is 11.8 Å². The number of nitrogens with one attached hydrogen (secondary N) is 1. The summed E-state index contributed by atoms with van der Waals surface area (Å²) in [5, 5.41) is 13.8. The lowest BCUT2D eigenvalue weighted by atomic mass is 10.3. The van der Waals surface area contributed by atoms with E-state index >= 15 is 0 Å². The Balaban J connectivity index is 2.35. The van der Waals surface area contributed by atoms with Gasteiger partial charge in [0, 0.05) is 12.6 Å². The van der Waals surface area contributed by atoms with Gasteiger partial charge in [0.1, 0.15) is 0 Å². The highest BCUT2D eigenvalue weighted by molar-refractivity contribution is 9.11. The molecule has 2 aromatic rings. The number of nitro benzene ring substituents is 1. The van der Waals surface area contributed by atoms with Crippen LogP contribution >= 0.6 is 31.9 Å². The number of rotatable bonds is 5. The lowest BCUT2D eigenvalue weighted by Crippen LogP contribution is -2.03. The van der Waals surface area contributed by atoms with Crippen LogP contribution in [-0.2, 0) is 0 Å². The Morgan fingerprint density at radius 3 is 2.81 bits per heavy atom. The fraction of sp³-hybridized carbons (Fsp3) is 0.167. The van der Waals surface area contributed by atoms with Gasteiger partial charge in [-0.05, 0) is 44.8 Å². The minimum absolute atomic E-state index is 0.0646. The number of hydrogen-bond donors (Lipinski definition) is 1. The van der Waals surface area contributed by atoms with E-state index in [0.29, 0.717) is 27.2 Å². The van der Waals surface area contributed by atoms with Crippen molar-refractivity contribution in [3.8, 4) is 11.6 Å². The molecule has 0 atom stereocenters. The van der Waals surface area contributed by atoms with Crippen LogP contribution in [0.25, 0.3) is 0 Å². The van der Waals surface area contributed by atoms with Gasteiger partial charge in [0.15, 0.2) is 5.75 Å². The second kappa shape index (κ2) is 6.81. The van der Waals surface area contributed by atoms with Gasteiger partial charge in [-0.25, -0.2) is 4.98 Å². The number of anilines is 1. The molecule has 0 saturated heterocycles. The lowest BCUT2D eigenvalue weighted by molar-refractivity contribution is -0.384. The molecule has 0 bridgehead atoms. The Morgan fingerprint density at radius 1 is 1.38 bits per heavy atom. The van der Waals surface area contributed by atoms with Crippen molar-refractivity contribution in [1.29, 1.82) is 0 Å². The van der Waals surface area contributed by atoms with Crippen LogP contribution in [0.3, 0.4) is 0 Å². The highest BCUT2D eigenvalue weighted by Crippen LogP contribution is 2.35. The molecule has 0 amide bonds. The molecule has 0 aliphatic carbocycles. The number of non-ortho nitro benzene ring substituents is 1. The van der Waals surface area contributed by atoms with E-state index in [0.717, 1.165) is 0 Å². The smallest absolute Gasteiger partial charge is 0.273 e. The number of halogens is 2. The van der Waals surface area contributed by atoms with Crippen molar-refractivity contribution >= 4 is 43.5 Å². The molecule has 0 radical (unpaired) electrons. The molecular weight excluding hydrogens is 408 g/mol. The van der Waals surface area contributed by atoms with E-state index in [1.54, 1.807) is 12.3 Å². The first-order valence-electron chi connectivity index (χ1n) is 5.89. The zero-order chi connectivity index (χ0) is 15.4. The number of aromatic nitrogens is 2. The van der Waals surface area contributed by atoms with E-state index < -0.39 is 4.92 Å². The first kappa shape index (κ1) is 15.6. The molecule has 0 fully saturated rings. The molecule has 1 heterocycles. The molecule has 2 rings (SSSR count). The summed E-state index contributed by atoms with van der Waals surface area (Å²) in [5.74, 6) is 0.977. The van der Waals surface area contributed by atoms with Gasteiger partial charge in [0.05, 0.1) is 26.1 Å². The summed E-state index contributed by atoms with van der Waals surface area (Å²) >= 11 is 6.57. The first-order chi connectivity index (χ1) is 10.0. The molecule has 7 nitrogen and oxygen atoms in total. The van der Waals surface area contributed by atoms with Gasteiger partial charge in [0.25, 0.3) is 5.69 Å². The minimum Gasteiger partial charge on any atom is -0.436 e. The fourth-order valence-electron chi connectivity index (χ4n) is 1.45. The van der Waals surface area contributed by atoms with Crippen molar-refractivity contribution < 1.29 is 9.66 Å². The van der Waals surface area contributed by atoms with Gasteiger partial charge in [-0.3, -0.25) is 10.1 Å². The molecule has 9 heteroatoms. The second-order valence-corrected chi connectivity index (χ2v) is 5.56. The highest BCUT2D eigenvalue weighted by atomic mass is 79.9. The van der Waals surface area contributed by atoms with Crippen LogP contribution in [0, 0.1) is 10.1 Å². The molecule has 1 aromatic heterocycles. The van der Waals surface area contributed by atoms with Gasteiger partial charge < -0.3 is 10.1 Å². The quantitative estimate of drug-likeness (QED) is 0.580. The van der Waals surface area contributed by atoms with Gasteiger partial charge in [-0.2, -0.15) is 4.98 Å². The third-order valence-corrected chi connectivity index (χ3v) is 3.58. The zero-order valence-corrected chi connectivity index (χ0v) is 14.0. The average Bonchev–Trinajstić information content (AvgIpc) is 2.45. The van der Waals surface area contributed by atoms with Gasteiger partial charge in [-0.15, -0.1) is 0 Å². The maximum atomic E-state index is 10.8. The topological polar surface area (TPSA) is 90.2 Å². The van der Waals surface area contributed by atoms with E-state index in [1.165, 1.54) is 12.1 Å². The summed E-state index contributed by atoms with van der Waals surface area (Å²) in [6.07, 6.45) is 1.55. The molecule has 1 aromatic carbocycles. The van der Waals surface area contributed by atoms with Crippen molar-refractivity contribution in [2.75, 3.05) is 11.9 Å². The molecule has 0 saturated carbocycles. The van der Waals surface area contributed by atoms with Crippen LogP contribution in [0.15, 0.2) is 33.3 Å². The SMILES string of the molecule is CCNc1ncc(Br)c(Oc2cc([N+](=O)[O-])ccc2Br)n1. The summed E-state index contributed by atoms with van der Waals surface area (Å²) in [4.78, 5) is 18.6. The Labute approximate surface area is 137 Å². The predicted octanol–water partition coefficient (Wildman–Crippen LogP) is 4.13. The molecule has 0 spiro atoms. The Hall–Kier alpha value is -1.74. The van der Waals surface area contributed by atoms with E-state index in [2.05, 4.69) is 47.1 Å². The monoisotopic (exact) mass is 416 g/mol. The predicted molar refractivity (Wildman–Crippen MR) is 84.8 cm³/mol. The summed E-state index contributed by atoms with van der Waals surface area (Å²) < 4.78 is 6.76. The number of nitrogens with zero attached hydrogens (tertiary/aromatic N) is 3. The van der Waals surface area contributed by atoms with Crippen molar-refractivity contribution in [3.05, 3.63) is 43.5 Å². The summed E-state index contributed by atoms with van der Waals surface area (Å²) in [6, 6.07) is 4.26. The van der Waals surface area contributed by atoms with Gasteiger partial charge >= 0.3 is 0 Å². The van der Waals surface area contributed by atoms with Crippen LogP contribution in [-0.4, -0.2) is 21.4 Å². The molecule has 0 unspecified atom stereocenters. The van der Waals surface area contributed by atoms with Crippen molar-refractivity contribution in [2.24, 2.45) is 0 Å². The Kier molecular flexibility index (Phi) is 5.07. The fourth-order valence-corrected chi connectivity index (χ4v) is 2.05. The van der Waals surface area contributed by atoms with Crippen LogP contribution in [0.1, 0.15) is 6.92 Å². The molecule has 1 N–H and O–H groups in total. The third kappa shape index (κ3) is 3.88. The van der Waals surface area contributed by atoms with Crippen LogP contribution in [0.5, 0.6) is 11.6 Å². The highest BCUT2D eigenvalue weighted by Gasteiger charge is 2.14. The van der Waals surface area contributed by atoms with Crippen LogP contribution < -0.4 is 10.1 Å². The molecule has 21 heavy (non-hydrogen) atoms. The number of benzene rings is 1. The molecule has 0 aliphatic rings. The van der Waals surface area contributed by atoms with Crippen molar-refractivity contribution in [2.45, 2.75) is 6.92 Å². The standard InChI is InChI=1S/C12H10Br2N4O3/c1-2-15-12-16-6-9(14)11(17-12)21-10-5-7(18(19)20)3-4-8(10)13/h3-6H,2H2,1H3,(H,15,16,17). The zero-order valence-electron chi connectivity index (χ0n) is 10.8. The normalized spacial score (nSPS) is 10.2. The first-order valence-corrected chi connectivity index (χ1v) is 7.48. The number of hydrogen-bond acceptors (Lipinski definition) is 6. The maximum Gasteiger partial charge on any atom is 0.273 e. The second-order valence-electron chi connectivity index (χ2n) is 3.85. The van der Waals surface area contributed by atoms with E-state index in [-0.39, 0.29) is 11.6 Å². The minimum atomic E-state index is -0.488. The Bertz CT molecular complexity index is 682. The number of nitro groups is 1. The summed E-state index contributed by atoms with van der Waals surface area (Å²) in [6.45, 7) is 2.59.